The van der Waals surface area contributed by atoms with Crippen molar-refractivity contribution in [2.75, 3.05) is 20.2 Å². The first-order valence-electron chi connectivity index (χ1n) is 8.77. The van der Waals surface area contributed by atoms with E-state index in [-0.39, 0.29) is 18.0 Å². The summed E-state index contributed by atoms with van der Waals surface area (Å²) in [5.74, 6) is -1.68. The summed E-state index contributed by atoms with van der Waals surface area (Å²) in [5.41, 5.74) is 2.18. The predicted molar refractivity (Wildman–Crippen MR) is 89.8 cm³/mol. The maximum atomic E-state index is 12.8. The number of esters is 2. The van der Waals surface area contributed by atoms with E-state index in [9.17, 15) is 9.59 Å². The molecule has 0 unspecified atom stereocenters. The Morgan fingerprint density at radius 2 is 2.32 bits per heavy atom. The number of rotatable bonds is 2. The molecule has 1 N–H and O–H groups in total. The minimum atomic E-state index is -0.963. The minimum Gasteiger partial charge on any atom is -0.466 e. The molecule has 2 saturated heterocycles. The molecule has 2 bridgehead atoms. The summed E-state index contributed by atoms with van der Waals surface area (Å²) in [7, 11) is 2.01. The second-order valence-corrected chi connectivity index (χ2v) is 7.25. The summed E-state index contributed by atoms with van der Waals surface area (Å²) in [4.78, 5) is 31.0. The third-order valence-electron chi connectivity index (χ3n) is 6.11. The van der Waals surface area contributed by atoms with Crippen molar-refractivity contribution in [1.82, 2.24) is 9.88 Å². The number of nitrogens with zero attached hydrogens (tertiary/aromatic N) is 1. The lowest BCUT2D eigenvalue weighted by atomic mass is 9.64. The highest BCUT2D eigenvalue weighted by atomic mass is 16.6. The fourth-order valence-corrected chi connectivity index (χ4v) is 5.19. The second kappa shape index (κ2) is 4.85. The van der Waals surface area contributed by atoms with Gasteiger partial charge in [-0.3, -0.25) is 14.5 Å². The first-order chi connectivity index (χ1) is 12.1. The fraction of sp³-hybridized carbons (Fsp3) is 0.474. The number of carbonyl (C=O) groups excluding carboxylic acids is 2. The smallest absolute Gasteiger partial charge is 0.314 e. The van der Waals surface area contributed by atoms with Crippen LogP contribution in [0.5, 0.6) is 0 Å². The average Bonchev–Trinajstić information content (AvgIpc) is 3.09. The molecule has 6 nitrogen and oxygen atoms in total. The fourth-order valence-electron chi connectivity index (χ4n) is 5.19. The molecule has 1 aliphatic carbocycles. The van der Waals surface area contributed by atoms with Gasteiger partial charge in [-0.15, -0.1) is 0 Å². The Morgan fingerprint density at radius 3 is 3.12 bits per heavy atom. The van der Waals surface area contributed by atoms with Crippen molar-refractivity contribution < 1.29 is 19.1 Å². The number of aromatic nitrogens is 1. The van der Waals surface area contributed by atoms with Crippen LogP contribution in [-0.4, -0.2) is 48.1 Å². The zero-order chi connectivity index (χ0) is 17.3. The van der Waals surface area contributed by atoms with Crippen molar-refractivity contribution in [3.05, 3.63) is 35.5 Å². The van der Waals surface area contributed by atoms with Gasteiger partial charge in [-0.1, -0.05) is 12.1 Å². The first kappa shape index (κ1) is 15.0. The van der Waals surface area contributed by atoms with Crippen LogP contribution in [0.4, 0.5) is 0 Å². The van der Waals surface area contributed by atoms with Gasteiger partial charge in [0.05, 0.1) is 18.6 Å². The lowest BCUT2D eigenvalue weighted by molar-refractivity contribution is -0.170. The Hall–Kier alpha value is -2.34. The number of likely N-dealkylation sites (tertiary alicyclic amines) is 1. The van der Waals surface area contributed by atoms with Crippen LogP contribution in [0.15, 0.2) is 24.4 Å². The van der Waals surface area contributed by atoms with E-state index in [1.54, 1.807) is 6.92 Å². The van der Waals surface area contributed by atoms with Gasteiger partial charge in [0.15, 0.2) is 5.60 Å². The topological polar surface area (TPSA) is 71.6 Å². The molecular weight excluding hydrogens is 320 g/mol. The first-order valence-corrected chi connectivity index (χ1v) is 8.77. The number of hydrogen-bond acceptors (Lipinski definition) is 5. The summed E-state index contributed by atoms with van der Waals surface area (Å²) in [5, 5.41) is 1.08. The van der Waals surface area contributed by atoms with E-state index in [4.69, 9.17) is 9.47 Å². The number of H-pyrrole nitrogens is 1. The van der Waals surface area contributed by atoms with Crippen molar-refractivity contribution in [2.45, 2.75) is 25.0 Å². The van der Waals surface area contributed by atoms with E-state index in [0.717, 1.165) is 22.9 Å². The Balaban J connectivity index is 1.80. The van der Waals surface area contributed by atoms with Crippen LogP contribution in [0.25, 0.3) is 10.9 Å². The number of nitrogens with one attached hydrogen (secondary N) is 1. The third-order valence-corrected chi connectivity index (χ3v) is 6.11. The summed E-state index contributed by atoms with van der Waals surface area (Å²) in [6, 6.07) is 5.89. The van der Waals surface area contributed by atoms with Gasteiger partial charge in [0, 0.05) is 29.2 Å². The predicted octanol–water partition coefficient (Wildman–Crippen LogP) is 1.59. The number of aromatic amines is 1. The molecule has 0 radical (unpaired) electrons. The summed E-state index contributed by atoms with van der Waals surface area (Å²) in [6.45, 7) is 2.61. The zero-order valence-corrected chi connectivity index (χ0v) is 14.2. The summed E-state index contributed by atoms with van der Waals surface area (Å²) >= 11 is 0. The largest absolute Gasteiger partial charge is 0.466 e. The molecule has 4 atom stereocenters. The molecular formula is C19H20N2O4. The van der Waals surface area contributed by atoms with Gasteiger partial charge < -0.3 is 14.5 Å². The van der Waals surface area contributed by atoms with E-state index < -0.39 is 17.4 Å². The van der Waals surface area contributed by atoms with E-state index in [0.29, 0.717) is 13.2 Å². The van der Waals surface area contributed by atoms with Crippen LogP contribution in [-0.2, 0) is 31.1 Å². The molecule has 0 saturated carbocycles. The monoisotopic (exact) mass is 340 g/mol. The van der Waals surface area contributed by atoms with Crippen LogP contribution in [0.2, 0.25) is 0 Å². The molecule has 2 aliphatic heterocycles. The van der Waals surface area contributed by atoms with Gasteiger partial charge >= 0.3 is 11.9 Å². The number of benzene rings is 1. The molecule has 130 valence electrons. The van der Waals surface area contributed by atoms with Gasteiger partial charge in [-0.2, -0.15) is 0 Å². The summed E-state index contributed by atoms with van der Waals surface area (Å²) < 4.78 is 11.4. The number of likely N-dealkylation sites (N-methyl/N-ethyl adjacent to an activating group) is 1. The maximum Gasteiger partial charge on any atom is 0.314 e. The molecule has 2 fully saturated rings. The number of carbonyl (C=O) groups is 2. The highest BCUT2D eigenvalue weighted by Crippen LogP contribution is 2.57. The van der Waals surface area contributed by atoms with Gasteiger partial charge in [-0.05, 0) is 32.0 Å². The molecule has 3 heterocycles. The van der Waals surface area contributed by atoms with Crippen LogP contribution >= 0.6 is 0 Å². The number of fused-ring (bicyclic) bond motifs is 1. The van der Waals surface area contributed by atoms with E-state index in [1.807, 2.05) is 31.4 Å². The molecule has 25 heavy (non-hydrogen) atoms. The highest BCUT2D eigenvalue weighted by molar-refractivity contribution is 5.94. The Kier molecular flexibility index (Phi) is 2.90. The van der Waals surface area contributed by atoms with Crippen LogP contribution in [0, 0.1) is 11.8 Å². The Bertz CT molecular complexity index is 904. The molecule has 2 aromatic rings. The maximum absolute atomic E-state index is 12.8. The second-order valence-electron chi connectivity index (χ2n) is 7.25. The SMILES string of the molecule is CCOC(=O)[C@@H]1[C@H]2CN(C)[C@@H]3Cc4c[nH]c5cccc(c45)[C@@]13OC2=O. The van der Waals surface area contributed by atoms with Gasteiger partial charge in [0.1, 0.15) is 5.92 Å². The number of piperidine rings is 1. The highest BCUT2D eigenvalue weighted by Gasteiger charge is 2.69. The van der Waals surface area contributed by atoms with Crippen LogP contribution in [0.3, 0.4) is 0 Å². The van der Waals surface area contributed by atoms with Crippen LogP contribution in [0.1, 0.15) is 18.1 Å². The van der Waals surface area contributed by atoms with E-state index >= 15 is 0 Å². The van der Waals surface area contributed by atoms with Crippen molar-refractivity contribution in [3.8, 4) is 0 Å². The molecule has 1 aromatic heterocycles. The lowest BCUT2D eigenvalue weighted by Gasteiger charge is -2.49. The van der Waals surface area contributed by atoms with Crippen LogP contribution < -0.4 is 0 Å². The van der Waals surface area contributed by atoms with Gasteiger partial charge in [-0.25, -0.2) is 0 Å². The summed E-state index contributed by atoms with van der Waals surface area (Å²) in [6.07, 6.45) is 2.76. The number of ether oxygens (including phenoxy) is 2. The standard InChI is InChI=1S/C19H20N2O4/c1-3-24-18(23)16-11-9-21(2)14-7-10-8-20-13-6-4-5-12(15(10)13)19(14,16)25-17(11)22/h4-6,8,11,14,16,20H,3,7,9H2,1-2H3/t11-,14-,16+,19+/m1/s1. The average molecular weight is 340 g/mol. The van der Waals surface area contributed by atoms with Crippen molar-refractivity contribution in [3.63, 3.8) is 0 Å². The zero-order valence-electron chi connectivity index (χ0n) is 14.2. The molecule has 1 spiro atoms. The Labute approximate surface area is 145 Å². The van der Waals surface area contributed by atoms with E-state index in [1.165, 1.54) is 5.56 Å². The molecule has 3 aliphatic rings. The van der Waals surface area contributed by atoms with Gasteiger partial charge in [0.25, 0.3) is 0 Å². The minimum absolute atomic E-state index is 0.0708. The van der Waals surface area contributed by atoms with E-state index in [2.05, 4.69) is 9.88 Å². The van der Waals surface area contributed by atoms with Crippen molar-refractivity contribution in [2.24, 2.45) is 11.8 Å². The molecule has 1 aromatic carbocycles. The lowest BCUT2D eigenvalue weighted by Crippen LogP contribution is -2.62. The third kappa shape index (κ3) is 1.68. The van der Waals surface area contributed by atoms with Crippen molar-refractivity contribution in [1.29, 1.82) is 0 Å². The van der Waals surface area contributed by atoms with Gasteiger partial charge in [0.2, 0.25) is 0 Å². The number of hydrogen-bond donors (Lipinski definition) is 1. The molecule has 0 amide bonds. The molecule has 6 heteroatoms. The Morgan fingerprint density at radius 1 is 1.48 bits per heavy atom. The van der Waals surface area contributed by atoms with Crippen molar-refractivity contribution >= 4 is 22.8 Å². The normalized spacial score (nSPS) is 33.2. The quantitative estimate of drug-likeness (QED) is 0.841. The molecule has 5 rings (SSSR count).